The van der Waals surface area contributed by atoms with Crippen molar-refractivity contribution in [2.45, 2.75) is 12.2 Å². The number of nitrogens with one attached hydrogen (secondary N) is 2. The van der Waals surface area contributed by atoms with E-state index >= 15 is 0 Å². The largest absolute Gasteiger partial charge is 0.417 e. The van der Waals surface area contributed by atoms with Crippen molar-refractivity contribution < 1.29 is 27.6 Å². The van der Waals surface area contributed by atoms with Crippen molar-refractivity contribution in [3.63, 3.8) is 0 Å². The summed E-state index contributed by atoms with van der Waals surface area (Å²) in [5, 5.41) is 12.9. The predicted octanol–water partition coefficient (Wildman–Crippen LogP) is 1.14. The van der Waals surface area contributed by atoms with E-state index in [4.69, 9.17) is 0 Å². The minimum absolute atomic E-state index is 0.0255. The summed E-state index contributed by atoms with van der Waals surface area (Å²) >= 11 is 0. The lowest BCUT2D eigenvalue weighted by molar-refractivity contribution is -0.138. The monoisotopic (exact) mass is 434 g/mol. The van der Waals surface area contributed by atoms with E-state index < -0.39 is 41.1 Å². The van der Waals surface area contributed by atoms with Gasteiger partial charge >= 0.3 is 6.18 Å². The Hall–Kier alpha value is -3.70. The molecule has 4 rings (SSSR count). The van der Waals surface area contributed by atoms with E-state index in [0.29, 0.717) is 11.5 Å². The molecule has 0 saturated carbocycles. The summed E-state index contributed by atoms with van der Waals surface area (Å²) in [6.45, 7) is 0.140. The van der Waals surface area contributed by atoms with Crippen LogP contribution >= 0.6 is 0 Å². The zero-order valence-corrected chi connectivity index (χ0v) is 16.2. The summed E-state index contributed by atoms with van der Waals surface area (Å²) in [5.74, 6) is -1.39. The van der Waals surface area contributed by atoms with Gasteiger partial charge in [0.2, 0.25) is 5.91 Å². The first-order valence-electron chi connectivity index (χ1n) is 9.33. The Morgan fingerprint density at radius 3 is 2.65 bits per heavy atom. The van der Waals surface area contributed by atoms with Crippen molar-refractivity contribution in [2.24, 2.45) is 0 Å². The molecule has 1 saturated heterocycles. The van der Waals surface area contributed by atoms with Crippen molar-refractivity contribution in [1.29, 1.82) is 0 Å². The first-order valence-corrected chi connectivity index (χ1v) is 9.33. The van der Waals surface area contributed by atoms with Gasteiger partial charge in [-0.2, -0.15) is 13.2 Å². The summed E-state index contributed by atoms with van der Waals surface area (Å²) in [6, 6.07) is 5.11. The Bertz CT molecular complexity index is 1070. The quantitative estimate of drug-likeness (QED) is 0.734. The van der Waals surface area contributed by atoms with Crippen LogP contribution in [0.3, 0.4) is 0 Å². The number of halogens is 3. The van der Waals surface area contributed by atoms with E-state index in [9.17, 15) is 27.6 Å². The van der Waals surface area contributed by atoms with Gasteiger partial charge in [0.1, 0.15) is 6.04 Å². The lowest BCUT2D eigenvalue weighted by atomic mass is 10.0. The molecule has 162 valence electrons. The van der Waals surface area contributed by atoms with Crippen molar-refractivity contribution >= 4 is 29.2 Å². The Kier molecular flexibility index (Phi) is 4.99. The maximum absolute atomic E-state index is 13.3. The van der Waals surface area contributed by atoms with Crippen molar-refractivity contribution in [3.8, 4) is 0 Å². The van der Waals surface area contributed by atoms with Gasteiger partial charge < -0.3 is 20.4 Å². The highest BCUT2D eigenvalue weighted by Crippen LogP contribution is 2.34. The topological polar surface area (TPSA) is 108 Å². The van der Waals surface area contributed by atoms with Crippen molar-refractivity contribution in [2.75, 3.05) is 36.9 Å². The van der Waals surface area contributed by atoms with Gasteiger partial charge in [-0.3, -0.25) is 14.4 Å². The highest BCUT2D eigenvalue weighted by atomic mass is 19.4. The lowest BCUT2D eigenvalue weighted by Gasteiger charge is -2.43. The number of fused-ring (bicyclic) bond motifs is 3. The van der Waals surface area contributed by atoms with E-state index in [1.807, 2.05) is 0 Å². The zero-order valence-electron chi connectivity index (χ0n) is 16.2. The van der Waals surface area contributed by atoms with Crippen LogP contribution in [0.25, 0.3) is 0 Å². The number of carbonyl (C=O) groups excluding carboxylic acids is 3. The molecular weight excluding hydrogens is 417 g/mol. The number of anilines is 2. The molecule has 0 spiro atoms. The van der Waals surface area contributed by atoms with E-state index in [2.05, 4.69) is 20.8 Å². The van der Waals surface area contributed by atoms with Gasteiger partial charge in [0.25, 0.3) is 11.8 Å². The number of nitrogens with zero attached hydrogens (tertiary/aromatic N) is 4. The Labute approximate surface area is 174 Å². The Morgan fingerprint density at radius 1 is 1.19 bits per heavy atom. The van der Waals surface area contributed by atoms with Crippen LogP contribution in [0, 0.1) is 0 Å². The van der Waals surface area contributed by atoms with Gasteiger partial charge in [-0.15, -0.1) is 10.2 Å². The second-order valence-electron chi connectivity index (χ2n) is 7.04. The number of alkyl halides is 3. The number of rotatable bonds is 2. The number of amides is 3. The third-order valence-electron chi connectivity index (χ3n) is 5.20. The third kappa shape index (κ3) is 3.64. The highest BCUT2D eigenvalue weighted by molar-refractivity contribution is 6.05. The van der Waals surface area contributed by atoms with E-state index in [-0.39, 0.29) is 25.3 Å². The summed E-state index contributed by atoms with van der Waals surface area (Å²) in [6.07, 6.45) is -4.67. The summed E-state index contributed by atoms with van der Waals surface area (Å²) in [7, 11) is 1.44. The van der Waals surface area contributed by atoms with Crippen LogP contribution in [-0.4, -0.2) is 65.5 Å². The number of hydrogen-bond acceptors (Lipinski definition) is 6. The van der Waals surface area contributed by atoms with Crippen molar-refractivity contribution in [3.05, 3.63) is 47.2 Å². The minimum atomic E-state index is -4.67. The molecule has 1 unspecified atom stereocenters. The molecule has 0 aliphatic carbocycles. The zero-order chi connectivity index (χ0) is 22.3. The smallest absolute Gasteiger partial charge is 0.354 e. The van der Waals surface area contributed by atoms with Crippen molar-refractivity contribution in [1.82, 2.24) is 20.4 Å². The molecule has 2 aliphatic heterocycles. The van der Waals surface area contributed by atoms with Gasteiger partial charge in [-0.25, -0.2) is 0 Å². The Morgan fingerprint density at radius 2 is 1.94 bits per heavy atom. The number of carbonyl (C=O) groups is 3. The molecule has 2 N–H and O–H groups in total. The second-order valence-corrected chi connectivity index (χ2v) is 7.04. The van der Waals surface area contributed by atoms with Gasteiger partial charge in [0.15, 0.2) is 11.5 Å². The standard InChI is InChI=1S/C19H17F3N6O3/c1-23-16(29)13-8-12-15(26-25-13)28-7-6-27(9-14(28)17(30)24-12)18(31)10-4-2-3-5-11(10)19(20,21)22/h2-5,8,14H,6-7,9H2,1H3,(H,23,29)(H,24,30). The fraction of sp³-hybridized carbons (Fsp3) is 0.316. The molecule has 1 atom stereocenters. The molecule has 3 heterocycles. The molecule has 31 heavy (non-hydrogen) atoms. The summed E-state index contributed by atoms with van der Waals surface area (Å²) in [5.41, 5.74) is -1.15. The van der Waals surface area contributed by atoms with Gasteiger partial charge in [0.05, 0.1) is 23.4 Å². The molecule has 1 aromatic carbocycles. The second kappa shape index (κ2) is 7.52. The van der Waals surface area contributed by atoms with Gasteiger partial charge in [0, 0.05) is 20.1 Å². The number of aromatic nitrogens is 2. The highest BCUT2D eigenvalue weighted by Gasteiger charge is 2.42. The molecule has 0 bridgehead atoms. The molecule has 1 aromatic heterocycles. The average Bonchev–Trinajstić information content (AvgIpc) is 2.77. The molecule has 9 nitrogen and oxygen atoms in total. The molecule has 2 aliphatic rings. The number of piperazine rings is 1. The SMILES string of the molecule is CNC(=O)c1cc2c(nn1)N1CCN(C(=O)c3ccccc3C(F)(F)F)CC1C(=O)N2. The maximum atomic E-state index is 13.3. The minimum Gasteiger partial charge on any atom is -0.354 e. The first-order chi connectivity index (χ1) is 14.7. The van der Waals surface area contributed by atoms with Crippen LogP contribution in [0.2, 0.25) is 0 Å². The molecule has 3 amide bonds. The summed E-state index contributed by atoms with van der Waals surface area (Å²) in [4.78, 5) is 40.1. The number of hydrogen-bond donors (Lipinski definition) is 2. The van der Waals surface area contributed by atoms with Gasteiger partial charge in [-0.1, -0.05) is 12.1 Å². The van der Waals surface area contributed by atoms with Crippen LogP contribution in [0.15, 0.2) is 30.3 Å². The van der Waals surface area contributed by atoms with Crippen LogP contribution in [0.5, 0.6) is 0 Å². The van der Waals surface area contributed by atoms with E-state index in [1.165, 1.54) is 30.1 Å². The number of benzene rings is 1. The van der Waals surface area contributed by atoms with Crippen LogP contribution < -0.4 is 15.5 Å². The Balaban J connectivity index is 1.59. The first kappa shape index (κ1) is 20.6. The van der Waals surface area contributed by atoms with Crippen LogP contribution in [0.1, 0.15) is 26.4 Å². The maximum Gasteiger partial charge on any atom is 0.417 e. The molecular formula is C19H17F3N6O3. The van der Waals surface area contributed by atoms with Crippen LogP contribution in [0.4, 0.5) is 24.7 Å². The van der Waals surface area contributed by atoms with E-state index in [1.54, 1.807) is 4.90 Å². The predicted molar refractivity (Wildman–Crippen MR) is 103 cm³/mol. The lowest BCUT2D eigenvalue weighted by Crippen LogP contribution is -2.61. The molecule has 0 radical (unpaired) electrons. The normalized spacial score (nSPS) is 18.1. The van der Waals surface area contributed by atoms with Crippen LogP contribution in [-0.2, 0) is 11.0 Å². The van der Waals surface area contributed by atoms with Gasteiger partial charge in [-0.05, 0) is 18.2 Å². The summed E-state index contributed by atoms with van der Waals surface area (Å²) < 4.78 is 39.9. The van der Waals surface area contributed by atoms with E-state index in [0.717, 1.165) is 12.1 Å². The average molecular weight is 434 g/mol. The molecule has 2 aromatic rings. The molecule has 12 heteroatoms. The fourth-order valence-electron chi connectivity index (χ4n) is 3.68. The fourth-order valence-corrected chi connectivity index (χ4v) is 3.68. The third-order valence-corrected chi connectivity index (χ3v) is 5.20. The molecule has 1 fully saturated rings.